The Morgan fingerprint density at radius 3 is 2.53 bits per heavy atom. The fourth-order valence-electron chi connectivity index (χ4n) is 4.96. The third-order valence-corrected chi connectivity index (χ3v) is 6.71. The molecule has 0 aliphatic carbocycles. The number of ether oxygens (including phenoxy) is 1. The van der Waals surface area contributed by atoms with Crippen LogP contribution in [0, 0.1) is 5.82 Å². The summed E-state index contributed by atoms with van der Waals surface area (Å²) in [6, 6.07) is 12.8. The zero-order valence-corrected chi connectivity index (χ0v) is 20.1. The molecule has 2 fully saturated rings. The highest BCUT2D eigenvalue weighted by Gasteiger charge is 2.43. The van der Waals surface area contributed by atoms with Crippen LogP contribution in [0.2, 0.25) is 5.02 Å². The van der Waals surface area contributed by atoms with E-state index in [-0.39, 0.29) is 47.8 Å². The molecular formula is C26H25ClFN5O3. The van der Waals surface area contributed by atoms with Gasteiger partial charge in [-0.2, -0.15) is 0 Å². The highest BCUT2D eigenvalue weighted by Crippen LogP contribution is 2.37. The molecule has 0 saturated carbocycles. The highest BCUT2D eigenvalue weighted by atomic mass is 35.5. The number of amides is 2. The van der Waals surface area contributed by atoms with E-state index in [1.807, 2.05) is 4.90 Å². The number of hydrogen-bond acceptors (Lipinski definition) is 6. The molecular weight excluding hydrogens is 485 g/mol. The van der Waals surface area contributed by atoms with Crippen LogP contribution in [0.15, 0.2) is 60.9 Å². The van der Waals surface area contributed by atoms with Crippen molar-refractivity contribution in [2.75, 3.05) is 17.2 Å². The minimum atomic E-state index is -0.433. The van der Waals surface area contributed by atoms with E-state index in [2.05, 4.69) is 20.6 Å². The monoisotopic (exact) mass is 509 g/mol. The van der Waals surface area contributed by atoms with Gasteiger partial charge in [0, 0.05) is 37.3 Å². The lowest BCUT2D eigenvalue weighted by Crippen LogP contribution is -2.51. The molecule has 2 N–H and O–H groups in total. The summed E-state index contributed by atoms with van der Waals surface area (Å²) in [6.45, 7) is -0.00497. The molecule has 2 saturated heterocycles. The molecule has 0 spiro atoms. The van der Waals surface area contributed by atoms with Gasteiger partial charge in [0.2, 0.25) is 5.91 Å². The summed E-state index contributed by atoms with van der Waals surface area (Å²) >= 11 is 6.08. The number of hydrogen-bond donors (Lipinski definition) is 2. The first-order valence-corrected chi connectivity index (χ1v) is 12.2. The van der Waals surface area contributed by atoms with Crippen LogP contribution >= 0.6 is 11.6 Å². The van der Waals surface area contributed by atoms with Gasteiger partial charge in [0.15, 0.2) is 0 Å². The molecule has 186 valence electrons. The summed E-state index contributed by atoms with van der Waals surface area (Å²) in [4.78, 5) is 36.3. The van der Waals surface area contributed by atoms with E-state index in [4.69, 9.17) is 16.3 Å². The zero-order chi connectivity index (χ0) is 25.1. The van der Waals surface area contributed by atoms with E-state index in [1.54, 1.807) is 36.5 Å². The number of benzene rings is 1. The quantitative estimate of drug-likeness (QED) is 0.485. The first-order valence-electron chi connectivity index (χ1n) is 11.8. The zero-order valence-electron chi connectivity index (χ0n) is 19.4. The maximum absolute atomic E-state index is 13.2. The molecule has 2 unspecified atom stereocenters. The van der Waals surface area contributed by atoms with Crippen molar-refractivity contribution in [1.29, 1.82) is 0 Å². The smallest absolute Gasteiger partial charge is 0.260 e. The highest BCUT2D eigenvalue weighted by molar-refractivity contribution is 6.31. The third-order valence-electron chi connectivity index (χ3n) is 6.51. The van der Waals surface area contributed by atoms with Crippen LogP contribution in [-0.4, -0.2) is 51.4 Å². The fourth-order valence-corrected chi connectivity index (χ4v) is 5.12. The van der Waals surface area contributed by atoms with Crippen LogP contribution in [0.4, 0.5) is 16.0 Å². The Morgan fingerprint density at radius 2 is 1.83 bits per heavy atom. The maximum atomic E-state index is 13.2. The SMILES string of the molecule is O=C(Nc1ccccn1)c1cc(Cl)cnc1NCC(=O)N1C2CCC1CC(Oc1ccc(F)cc1)C2. The van der Waals surface area contributed by atoms with Crippen molar-refractivity contribution in [2.24, 2.45) is 0 Å². The van der Waals surface area contributed by atoms with Gasteiger partial charge in [-0.3, -0.25) is 9.59 Å². The van der Waals surface area contributed by atoms with E-state index < -0.39 is 5.91 Å². The van der Waals surface area contributed by atoms with Gasteiger partial charge in [-0.1, -0.05) is 17.7 Å². The van der Waals surface area contributed by atoms with Crippen molar-refractivity contribution >= 4 is 35.1 Å². The molecule has 4 heterocycles. The van der Waals surface area contributed by atoms with Crippen LogP contribution in [-0.2, 0) is 4.79 Å². The number of anilines is 2. The fraction of sp³-hybridized carbons (Fsp3) is 0.308. The van der Waals surface area contributed by atoms with Crippen molar-refractivity contribution in [2.45, 2.75) is 43.9 Å². The Labute approximate surface area is 212 Å². The molecule has 2 amide bonds. The number of carbonyl (C=O) groups excluding carboxylic acids is 2. The molecule has 5 rings (SSSR count). The Morgan fingerprint density at radius 1 is 1.08 bits per heavy atom. The normalized spacial score (nSPS) is 20.6. The molecule has 2 aromatic heterocycles. The number of nitrogens with zero attached hydrogens (tertiary/aromatic N) is 3. The van der Waals surface area contributed by atoms with Crippen molar-refractivity contribution in [3.8, 4) is 5.75 Å². The summed E-state index contributed by atoms with van der Waals surface area (Å²) in [5.74, 6) is 0.498. The van der Waals surface area contributed by atoms with Gasteiger partial charge in [-0.25, -0.2) is 14.4 Å². The second-order valence-electron chi connectivity index (χ2n) is 8.92. The summed E-state index contributed by atoms with van der Waals surface area (Å²) in [6.07, 6.45) is 6.24. The van der Waals surface area contributed by atoms with Crippen LogP contribution in [0.5, 0.6) is 5.75 Å². The van der Waals surface area contributed by atoms with Crippen molar-refractivity contribution < 1.29 is 18.7 Å². The lowest BCUT2D eigenvalue weighted by Gasteiger charge is -2.39. The number of rotatable bonds is 7. The van der Waals surface area contributed by atoms with Crippen LogP contribution in [0.3, 0.4) is 0 Å². The van der Waals surface area contributed by atoms with E-state index in [1.165, 1.54) is 24.4 Å². The van der Waals surface area contributed by atoms with Crippen molar-refractivity contribution in [3.05, 3.63) is 77.3 Å². The molecule has 2 aliphatic rings. The second kappa shape index (κ2) is 10.5. The lowest BCUT2D eigenvalue weighted by molar-refractivity contribution is -0.135. The van der Waals surface area contributed by atoms with Gasteiger partial charge in [0.05, 0.1) is 17.1 Å². The van der Waals surface area contributed by atoms with Crippen LogP contribution in [0.1, 0.15) is 36.0 Å². The maximum Gasteiger partial charge on any atom is 0.260 e. The van der Waals surface area contributed by atoms with Gasteiger partial charge in [-0.15, -0.1) is 0 Å². The van der Waals surface area contributed by atoms with E-state index >= 15 is 0 Å². The molecule has 3 aromatic rings. The summed E-state index contributed by atoms with van der Waals surface area (Å²) < 4.78 is 19.2. The van der Waals surface area contributed by atoms with E-state index in [9.17, 15) is 14.0 Å². The van der Waals surface area contributed by atoms with Crippen molar-refractivity contribution in [1.82, 2.24) is 14.9 Å². The number of carbonyl (C=O) groups is 2. The van der Waals surface area contributed by atoms with Crippen LogP contribution < -0.4 is 15.4 Å². The molecule has 10 heteroatoms. The number of halogens is 2. The Kier molecular flexibility index (Phi) is 6.99. The Bertz CT molecular complexity index is 1230. The van der Waals surface area contributed by atoms with Crippen molar-refractivity contribution in [3.63, 3.8) is 0 Å². The molecule has 1 aromatic carbocycles. The summed E-state index contributed by atoms with van der Waals surface area (Å²) in [5, 5.41) is 6.04. The Hall–Kier alpha value is -3.72. The number of aromatic nitrogens is 2. The number of fused-ring (bicyclic) bond motifs is 2. The van der Waals surface area contributed by atoms with Gasteiger partial charge < -0.3 is 20.3 Å². The average Bonchev–Trinajstić information content (AvgIpc) is 3.15. The predicted octanol–water partition coefficient (Wildman–Crippen LogP) is 4.53. The first kappa shape index (κ1) is 24.0. The Balaban J connectivity index is 1.21. The second-order valence-corrected chi connectivity index (χ2v) is 9.36. The summed E-state index contributed by atoms with van der Waals surface area (Å²) in [5.41, 5.74) is 0.218. The number of pyridine rings is 2. The molecule has 8 nitrogen and oxygen atoms in total. The van der Waals surface area contributed by atoms with E-state index in [0.29, 0.717) is 16.6 Å². The lowest BCUT2D eigenvalue weighted by atomic mass is 9.99. The summed E-state index contributed by atoms with van der Waals surface area (Å²) in [7, 11) is 0. The standard InChI is InChI=1S/C26H25ClFN5O3/c27-16-11-22(26(35)32-23-3-1-2-10-29-23)25(30-14-16)31-15-24(34)33-18-6-7-19(33)13-21(12-18)36-20-8-4-17(28)5-9-20/h1-5,8-11,14,18-19,21H,6-7,12-13,15H2,(H,30,31)(H,29,32,35). The topological polar surface area (TPSA) is 96.4 Å². The van der Waals surface area contributed by atoms with Gasteiger partial charge in [0.25, 0.3) is 5.91 Å². The van der Waals surface area contributed by atoms with Gasteiger partial charge in [-0.05, 0) is 55.3 Å². The molecule has 2 aliphatic heterocycles. The molecule has 2 bridgehead atoms. The van der Waals surface area contributed by atoms with Crippen LogP contribution in [0.25, 0.3) is 0 Å². The number of piperidine rings is 1. The average molecular weight is 510 g/mol. The van der Waals surface area contributed by atoms with E-state index in [0.717, 1.165) is 25.7 Å². The first-order chi connectivity index (χ1) is 17.5. The van der Waals surface area contributed by atoms with Gasteiger partial charge in [0.1, 0.15) is 29.3 Å². The third kappa shape index (κ3) is 5.41. The predicted molar refractivity (Wildman–Crippen MR) is 134 cm³/mol. The number of nitrogens with one attached hydrogen (secondary N) is 2. The molecule has 2 atom stereocenters. The molecule has 0 radical (unpaired) electrons. The largest absolute Gasteiger partial charge is 0.490 e. The minimum absolute atomic E-state index is 0.00497. The molecule has 36 heavy (non-hydrogen) atoms. The minimum Gasteiger partial charge on any atom is -0.490 e. The van der Waals surface area contributed by atoms with Gasteiger partial charge >= 0.3 is 0 Å².